The molecule has 1 aromatic heterocycles. The van der Waals surface area contributed by atoms with E-state index in [1.165, 1.54) is 6.07 Å². The summed E-state index contributed by atoms with van der Waals surface area (Å²) in [6.45, 7) is 1.94. The molecule has 3 rings (SSSR count). The lowest BCUT2D eigenvalue weighted by atomic mass is 10.1. The monoisotopic (exact) mass is 309 g/mol. The van der Waals surface area contributed by atoms with Crippen LogP contribution >= 0.6 is 0 Å². The third kappa shape index (κ3) is 3.63. The SMILES string of the molecule is Cc1cc(-c2ccc(NC(=O)Cc3ccccc3F)cc2)n[nH]1. The van der Waals surface area contributed by atoms with Crippen molar-refractivity contribution in [1.29, 1.82) is 0 Å². The predicted molar refractivity (Wildman–Crippen MR) is 87.5 cm³/mol. The van der Waals surface area contributed by atoms with E-state index in [0.717, 1.165) is 17.0 Å². The summed E-state index contributed by atoms with van der Waals surface area (Å²) < 4.78 is 13.5. The fourth-order valence-electron chi connectivity index (χ4n) is 2.31. The number of H-pyrrole nitrogens is 1. The molecule has 116 valence electrons. The summed E-state index contributed by atoms with van der Waals surface area (Å²) in [6.07, 6.45) is 0.00693. The third-order valence-corrected chi connectivity index (χ3v) is 3.48. The highest BCUT2D eigenvalue weighted by Gasteiger charge is 2.08. The van der Waals surface area contributed by atoms with Gasteiger partial charge in [0.05, 0.1) is 12.1 Å². The van der Waals surface area contributed by atoms with Crippen molar-refractivity contribution in [3.05, 3.63) is 71.7 Å². The van der Waals surface area contributed by atoms with E-state index in [4.69, 9.17) is 0 Å². The Morgan fingerprint density at radius 2 is 1.91 bits per heavy atom. The molecule has 1 heterocycles. The van der Waals surface area contributed by atoms with Gasteiger partial charge < -0.3 is 5.32 Å². The Morgan fingerprint density at radius 1 is 1.17 bits per heavy atom. The molecule has 1 amide bonds. The molecule has 3 aromatic rings. The van der Waals surface area contributed by atoms with Gasteiger partial charge in [0.2, 0.25) is 5.91 Å². The number of halogens is 1. The van der Waals surface area contributed by atoms with E-state index in [0.29, 0.717) is 11.3 Å². The molecule has 23 heavy (non-hydrogen) atoms. The van der Waals surface area contributed by atoms with Gasteiger partial charge in [-0.2, -0.15) is 5.10 Å². The lowest BCUT2D eigenvalue weighted by Gasteiger charge is -2.06. The molecule has 0 radical (unpaired) electrons. The Morgan fingerprint density at radius 3 is 2.57 bits per heavy atom. The molecule has 0 atom stereocenters. The van der Waals surface area contributed by atoms with Crippen molar-refractivity contribution in [1.82, 2.24) is 10.2 Å². The van der Waals surface area contributed by atoms with Crippen molar-refractivity contribution < 1.29 is 9.18 Å². The quantitative estimate of drug-likeness (QED) is 0.772. The van der Waals surface area contributed by atoms with Crippen molar-refractivity contribution >= 4 is 11.6 Å². The number of aryl methyl sites for hydroxylation is 1. The van der Waals surface area contributed by atoms with E-state index < -0.39 is 0 Å². The molecule has 0 spiro atoms. The summed E-state index contributed by atoms with van der Waals surface area (Å²) in [4.78, 5) is 12.0. The van der Waals surface area contributed by atoms with Crippen LogP contribution in [0.5, 0.6) is 0 Å². The molecule has 4 nitrogen and oxygen atoms in total. The Hall–Kier alpha value is -2.95. The maximum atomic E-state index is 13.5. The lowest BCUT2D eigenvalue weighted by molar-refractivity contribution is -0.115. The number of nitrogens with zero attached hydrogens (tertiary/aromatic N) is 1. The van der Waals surface area contributed by atoms with Crippen LogP contribution in [0.1, 0.15) is 11.3 Å². The van der Waals surface area contributed by atoms with E-state index >= 15 is 0 Å². The molecule has 2 aromatic carbocycles. The standard InChI is InChI=1S/C18H16FN3O/c1-12-10-17(22-21-12)13-6-8-15(9-7-13)20-18(23)11-14-4-2-3-5-16(14)19/h2-10H,11H2,1H3,(H,20,23)(H,21,22). The number of carbonyl (C=O) groups is 1. The summed E-state index contributed by atoms with van der Waals surface area (Å²) in [7, 11) is 0. The molecule has 0 aliphatic rings. The zero-order valence-electron chi connectivity index (χ0n) is 12.6. The molecule has 0 bridgehead atoms. The fraction of sp³-hybridized carbons (Fsp3) is 0.111. The lowest BCUT2D eigenvalue weighted by Crippen LogP contribution is -2.15. The highest BCUT2D eigenvalue weighted by atomic mass is 19.1. The number of benzene rings is 2. The second-order valence-electron chi connectivity index (χ2n) is 5.33. The van der Waals surface area contributed by atoms with Gasteiger partial charge in [-0.25, -0.2) is 4.39 Å². The Bertz CT molecular complexity index is 824. The van der Waals surface area contributed by atoms with Crippen LogP contribution in [0, 0.1) is 12.7 Å². The van der Waals surface area contributed by atoms with Crippen molar-refractivity contribution in [2.45, 2.75) is 13.3 Å². The number of carbonyl (C=O) groups excluding carboxylic acids is 1. The van der Waals surface area contributed by atoms with Gasteiger partial charge in [-0.1, -0.05) is 30.3 Å². The van der Waals surface area contributed by atoms with Crippen molar-refractivity contribution in [3.8, 4) is 11.3 Å². The molecule has 0 saturated heterocycles. The summed E-state index contributed by atoms with van der Waals surface area (Å²) >= 11 is 0. The summed E-state index contributed by atoms with van der Waals surface area (Å²) in [5.41, 5.74) is 3.85. The maximum Gasteiger partial charge on any atom is 0.228 e. The topological polar surface area (TPSA) is 57.8 Å². The molecular formula is C18H16FN3O. The largest absolute Gasteiger partial charge is 0.326 e. The van der Waals surface area contributed by atoms with Gasteiger partial charge in [0.1, 0.15) is 5.82 Å². The number of anilines is 1. The van der Waals surface area contributed by atoms with E-state index in [9.17, 15) is 9.18 Å². The normalized spacial score (nSPS) is 10.5. The molecule has 2 N–H and O–H groups in total. The highest BCUT2D eigenvalue weighted by Crippen LogP contribution is 2.20. The average Bonchev–Trinajstić information content (AvgIpc) is 2.97. The molecule has 0 aliphatic heterocycles. The van der Waals surface area contributed by atoms with Gasteiger partial charge in [-0.3, -0.25) is 9.89 Å². The molecular weight excluding hydrogens is 293 g/mol. The van der Waals surface area contributed by atoms with Gasteiger partial charge >= 0.3 is 0 Å². The van der Waals surface area contributed by atoms with Crippen LogP contribution in [-0.4, -0.2) is 16.1 Å². The van der Waals surface area contributed by atoms with E-state index in [2.05, 4.69) is 15.5 Å². The zero-order valence-corrected chi connectivity index (χ0v) is 12.6. The smallest absolute Gasteiger partial charge is 0.228 e. The first-order valence-electron chi connectivity index (χ1n) is 7.27. The summed E-state index contributed by atoms with van der Waals surface area (Å²) in [6, 6.07) is 15.6. The second-order valence-corrected chi connectivity index (χ2v) is 5.33. The first-order chi connectivity index (χ1) is 11.1. The fourth-order valence-corrected chi connectivity index (χ4v) is 2.31. The zero-order chi connectivity index (χ0) is 16.2. The van der Waals surface area contributed by atoms with Crippen molar-refractivity contribution in [3.63, 3.8) is 0 Å². The number of aromatic nitrogens is 2. The molecule has 0 fully saturated rings. The minimum absolute atomic E-state index is 0.00693. The van der Waals surface area contributed by atoms with Gasteiger partial charge in [-0.15, -0.1) is 0 Å². The number of aromatic amines is 1. The van der Waals surface area contributed by atoms with Gasteiger partial charge in [0.15, 0.2) is 0 Å². The van der Waals surface area contributed by atoms with E-state index in [1.807, 2.05) is 25.1 Å². The minimum atomic E-state index is -0.369. The number of rotatable bonds is 4. The summed E-state index contributed by atoms with van der Waals surface area (Å²) in [5, 5.41) is 9.85. The molecule has 0 aliphatic carbocycles. The maximum absolute atomic E-state index is 13.5. The van der Waals surface area contributed by atoms with Crippen LogP contribution in [0.3, 0.4) is 0 Å². The van der Waals surface area contributed by atoms with Crippen LogP contribution in [-0.2, 0) is 11.2 Å². The number of amides is 1. The average molecular weight is 309 g/mol. The number of hydrogen-bond acceptors (Lipinski definition) is 2. The van der Waals surface area contributed by atoms with Crippen molar-refractivity contribution in [2.75, 3.05) is 5.32 Å². The van der Waals surface area contributed by atoms with E-state index in [-0.39, 0.29) is 18.1 Å². The first-order valence-corrected chi connectivity index (χ1v) is 7.27. The van der Waals surface area contributed by atoms with Gasteiger partial charge in [0, 0.05) is 16.9 Å². The van der Waals surface area contributed by atoms with Gasteiger partial charge in [0.25, 0.3) is 0 Å². The van der Waals surface area contributed by atoms with Crippen LogP contribution in [0.2, 0.25) is 0 Å². The van der Waals surface area contributed by atoms with E-state index in [1.54, 1.807) is 30.3 Å². The van der Waals surface area contributed by atoms with Crippen LogP contribution < -0.4 is 5.32 Å². The molecule has 5 heteroatoms. The summed E-state index contributed by atoms with van der Waals surface area (Å²) in [5.74, 6) is -0.620. The Balaban J connectivity index is 1.66. The number of nitrogens with one attached hydrogen (secondary N) is 2. The van der Waals surface area contributed by atoms with Crippen molar-refractivity contribution in [2.24, 2.45) is 0 Å². The van der Waals surface area contributed by atoms with Gasteiger partial charge in [-0.05, 0) is 36.8 Å². The molecule has 0 saturated carbocycles. The first kappa shape index (κ1) is 15.0. The minimum Gasteiger partial charge on any atom is -0.326 e. The Kier molecular flexibility index (Phi) is 4.19. The molecule has 0 unspecified atom stereocenters. The third-order valence-electron chi connectivity index (χ3n) is 3.48. The Labute approximate surface area is 133 Å². The second kappa shape index (κ2) is 6.44. The van der Waals surface area contributed by atoms with Crippen LogP contribution in [0.15, 0.2) is 54.6 Å². The number of hydrogen-bond donors (Lipinski definition) is 2. The predicted octanol–water partition coefficient (Wildman–Crippen LogP) is 3.71. The van der Waals surface area contributed by atoms with Crippen LogP contribution in [0.25, 0.3) is 11.3 Å². The van der Waals surface area contributed by atoms with Crippen LogP contribution in [0.4, 0.5) is 10.1 Å². The highest BCUT2D eigenvalue weighted by molar-refractivity contribution is 5.92.